The monoisotopic (exact) mass is 268 g/mol. The van der Waals surface area contributed by atoms with Crippen LogP contribution in [0.1, 0.15) is 24.2 Å². The van der Waals surface area contributed by atoms with Crippen molar-refractivity contribution in [2.45, 2.75) is 20.0 Å². The van der Waals surface area contributed by atoms with Crippen LogP contribution in [-0.4, -0.2) is 12.1 Å². The molecule has 0 amide bonds. The highest BCUT2D eigenvalue weighted by Crippen LogP contribution is 2.18. The first-order chi connectivity index (χ1) is 9.65. The number of benzene rings is 2. The van der Waals surface area contributed by atoms with E-state index in [0.717, 1.165) is 5.69 Å². The summed E-state index contributed by atoms with van der Waals surface area (Å²) in [4.78, 5) is 11.7. The zero-order valence-corrected chi connectivity index (χ0v) is 11.5. The molecule has 0 fully saturated rings. The van der Waals surface area contributed by atoms with Gasteiger partial charge in [0.05, 0.1) is 23.0 Å². The van der Waals surface area contributed by atoms with Crippen LogP contribution in [0.15, 0.2) is 64.8 Å². The Labute approximate surface area is 118 Å². The average molecular weight is 268 g/mol. The van der Waals surface area contributed by atoms with Crippen molar-refractivity contribution in [3.63, 3.8) is 0 Å². The van der Waals surface area contributed by atoms with Gasteiger partial charge in [0, 0.05) is 0 Å². The summed E-state index contributed by atoms with van der Waals surface area (Å²) in [6.07, 6.45) is -0.125. The van der Waals surface area contributed by atoms with E-state index in [1.165, 1.54) is 0 Å². The van der Waals surface area contributed by atoms with Gasteiger partial charge in [-0.05, 0) is 50.2 Å². The van der Waals surface area contributed by atoms with Gasteiger partial charge < -0.3 is 4.74 Å². The lowest BCUT2D eigenvalue weighted by Gasteiger charge is -2.07. The van der Waals surface area contributed by atoms with Crippen LogP contribution in [0, 0.1) is 0 Å². The molecular formula is C16H16N2O2. The largest absolute Gasteiger partial charge is 0.459 e. The van der Waals surface area contributed by atoms with Crippen molar-refractivity contribution < 1.29 is 9.53 Å². The Kier molecular flexibility index (Phi) is 4.60. The third kappa shape index (κ3) is 4.02. The molecule has 0 spiro atoms. The lowest BCUT2D eigenvalue weighted by Crippen LogP contribution is -2.11. The molecule has 2 rings (SSSR count). The van der Waals surface area contributed by atoms with Gasteiger partial charge in [-0.1, -0.05) is 18.2 Å². The van der Waals surface area contributed by atoms with Gasteiger partial charge in [0.2, 0.25) is 0 Å². The molecule has 0 aliphatic rings. The molecule has 2 aromatic carbocycles. The van der Waals surface area contributed by atoms with Crippen LogP contribution in [0.3, 0.4) is 0 Å². The van der Waals surface area contributed by atoms with Crippen LogP contribution in [0.4, 0.5) is 11.4 Å². The summed E-state index contributed by atoms with van der Waals surface area (Å²) in [6.45, 7) is 3.64. The molecule has 0 aromatic heterocycles. The Balaban J connectivity index is 2.05. The highest BCUT2D eigenvalue weighted by atomic mass is 16.5. The molecule has 0 saturated carbocycles. The van der Waals surface area contributed by atoms with Crippen LogP contribution < -0.4 is 0 Å². The van der Waals surface area contributed by atoms with Gasteiger partial charge in [0.15, 0.2) is 0 Å². The number of carbonyl (C=O) groups excluding carboxylic acids is 1. The number of hydrogen-bond acceptors (Lipinski definition) is 4. The maximum atomic E-state index is 11.7. The molecule has 20 heavy (non-hydrogen) atoms. The minimum absolute atomic E-state index is 0.125. The molecule has 0 unspecified atom stereocenters. The number of esters is 1. The number of rotatable bonds is 4. The van der Waals surface area contributed by atoms with Gasteiger partial charge in [-0.3, -0.25) is 0 Å². The molecule has 0 heterocycles. The predicted octanol–water partition coefficient (Wildman–Crippen LogP) is 4.67. The van der Waals surface area contributed by atoms with Crippen molar-refractivity contribution in [2.24, 2.45) is 10.2 Å². The zero-order chi connectivity index (χ0) is 14.4. The smallest absolute Gasteiger partial charge is 0.338 e. The van der Waals surface area contributed by atoms with Crippen LogP contribution >= 0.6 is 0 Å². The van der Waals surface area contributed by atoms with Crippen molar-refractivity contribution >= 4 is 17.3 Å². The maximum absolute atomic E-state index is 11.7. The van der Waals surface area contributed by atoms with Crippen molar-refractivity contribution in [1.82, 2.24) is 0 Å². The summed E-state index contributed by atoms with van der Waals surface area (Å²) in [5.74, 6) is -0.327. The molecule has 2 aromatic rings. The molecule has 0 bridgehead atoms. The maximum Gasteiger partial charge on any atom is 0.338 e. The van der Waals surface area contributed by atoms with E-state index in [9.17, 15) is 4.79 Å². The van der Waals surface area contributed by atoms with Crippen molar-refractivity contribution in [1.29, 1.82) is 0 Å². The lowest BCUT2D eigenvalue weighted by atomic mass is 10.2. The van der Waals surface area contributed by atoms with Crippen molar-refractivity contribution in [3.05, 3.63) is 60.2 Å². The average Bonchev–Trinajstić information content (AvgIpc) is 2.46. The summed E-state index contributed by atoms with van der Waals surface area (Å²) in [5, 5.41) is 8.22. The van der Waals surface area contributed by atoms with E-state index in [4.69, 9.17) is 4.74 Å². The van der Waals surface area contributed by atoms with Crippen LogP contribution in [-0.2, 0) is 4.74 Å². The molecule has 4 heteroatoms. The molecule has 0 aliphatic heterocycles. The minimum atomic E-state index is -0.327. The van der Waals surface area contributed by atoms with E-state index in [1.807, 2.05) is 44.2 Å². The molecule has 102 valence electrons. The number of ether oxygens (including phenoxy) is 1. The molecular weight excluding hydrogens is 252 g/mol. The summed E-state index contributed by atoms with van der Waals surface area (Å²) in [5.41, 5.74) is 1.99. The van der Waals surface area contributed by atoms with Gasteiger partial charge in [0.1, 0.15) is 0 Å². The second-order valence-electron chi connectivity index (χ2n) is 4.54. The Morgan fingerprint density at radius 2 is 1.45 bits per heavy atom. The SMILES string of the molecule is CC(C)OC(=O)c1ccc(N=Nc2ccccc2)cc1. The van der Waals surface area contributed by atoms with Crippen molar-refractivity contribution in [2.75, 3.05) is 0 Å². The first kappa shape index (κ1) is 13.9. The number of carbonyl (C=O) groups is 1. The first-order valence-electron chi connectivity index (χ1n) is 6.43. The van der Waals surface area contributed by atoms with E-state index in [0.29, 0.717) is 11.3 Å². The second-order valence-corrected chi connectivity index (χ2v) is 4.54. The van der Waals surface area contributed by atoms with E-state index in [1.54, 1.807) is 24.3 Å². The van der Waals surface area contributed by atoms with E-state index >= 15 is 0 Å². The highest BCUT2D eigenvalue weighted by Gasteiger charge is 2.08. The Morgan fingerprint density at radius 1 is 0.900 bits per heavy atom. The van der Waals surface area contributed by atoms with Gasteiger partial charge in [-0.2, -0.15) is 10.2 Å². The second kappa shape index (κ2) is 6.61. The van der Waals surface area contributed by atoms with Crippen LogP contribution in [0.2, 0.25) is 0 Å². The summed E-state index contributed by atoms with van der Waals surface area (Å²) in [6, 6.07) is 16.3. The molecule has 4 nitrogen and oxygen atoms in total. The van der Waals surface area contributed by atoms with Gasteiger partial charge in [-0.15, -0.1) is 0 Å². The molecule has 0 N–H and O–H groups in total. The fourth-order valence-electron chi connectivity index (χ4n) is 1.56. The number of nitrogens with zero attached hydrogens (tertiary/aromatic N) is 2. The van der Waals surface area contributed by atoms with E-state index in [-0.39, 0.29) is 12.1 Å². The molecule has 0 atom stereocenters. The Bertz CT molecular complexity index is 590. The number of hydrogen-bond donors (Lipinski definition) is 0. The zero-order valence-electron chi connectivity index (χ0n) is 11.5. The summed E-state index contributed by atoms with van der Waals surface area (Å²) >= 11 is 0. The van der Waals surface area contributed by atoms with Crippen LogP contribution in [0.5, 0.6) is 0 Å². The molecule has 0 saturated heterocycles. The van der Waals surface area contributed by atoms with E-state index < -0.39 is 0 Å². The summed E-state index contributed by atoms with van der Waals surface area (Å²) < 4.78 is 5.11. The van der Waals surface area contributed by atoms with Crippen LogP contribution in [0.25, 0.3) is 0 Å². The third-order valence-corrected chi connectivity index (χ3v) is 2.48. The van der Waals surface area contributed by atoms with Gasteiger partial charge >= 0.3 is 5.97 Å². The standard InChI is InChI=1S/C16H16N2O2/c1-12(2)20-16(19)13-8-10-15(11-9-13)18-17-14-6-4-3-5-7-14/h3-12H,1-2H3. The predicted molar refractivity (Wildman–Crippen MR) is 77.6 cm³/mol. The lowest BCUT2D eigenvalue weighted by molar-refractivity contribution is 0.0378. The summed E-state index contributed by atoms with van der Waals surface area (Å²) in [7, 11) is 0. The molecule has 0 radical (unpaired) electrons. The first-order valence-corrected chi connectivity index (χ1v) is 6.43. The third-order valence-electron chi connectivity index (χ3n) is 2.48. The van der Waals surface area contributed by atoms with Crippen molar-refractivity contribution in [3.8, 4) is 0 Å². The fourth-order valence-corrected chi connectivity index (χ4v) is 1.56. The topological polar surface area (TPSA) is 51.0 Å². The molecule has 0 aliphatic carbocycles. The van der Waals surface area contributed by atoms with Gasteiger partial charge in [-0.25, -0.2) is 4.79 Å². The number of azo groups is 1. The highest BCUT2D eigenvalue weighted by molar-refractivity contribution is 5.89. The Morgan fingerprint density at radius 3 is 2.00 bits per heavy atom. The van der Waals surface area contributed by atoms with Gasteiger partial charge in [0.25, 0.3) is 0 Å². The minimum Gasteiger partial charge on any atom is -0.459 e. The Hall–Kier alpha value is -2.49. The fraction of sp³-hybridized carbons (Fsp3) is 0.188. The quantitative estimate of drug-likeness (QED) is 0.597. The van der Waals surface area contributed by atoms with E-state index in [2.05, 4.69) is 10.2 Å². The normalized spacial score (nSPS) is 10.9.